The van der Waals surface area contributed by atoms with Crippen LogP contribution in [-0.4, -0.2) is 52.1 Å². The van der Waals surface area contributed by atoms with E-state index in [1.54, 1.807) is 28.3 Å². The molecule has 7 nitrogen and oxygen atoms in total. The molecule has 2 aromatic rings. The number of ether oxygens (including phenoxy) is 2. The molecule has 0 heterocycles. The molecular weight excluding hydrogens is 356 g/mol. The smallest absolute Gasteiger partial charge is 0.251 e. The molecule has 0 bridgehead atoms. The Morgan fingerprint density at radius 2 is 1.82 bits per heavy atom. The van der Waals surface area contributed by atoms with E-state index in [1.165, 1.54) is 0 Å². The van der Waals surface area contributed by atoms with E-state index in [9.17, 15) is 4.79 Å². The lowest BCUT2D eigenvalue weighted by Gasteiger charge is -2.23. The Balaban J connectivity index is 2.00. The third kappa shape index (κ3) is 5.39. The van der Waals surface area contributed by atoms with Gasteiger partial charge >= 0.3 is 0 Å². The maximum atomic E-state index is 11.6. The van der Waals surface area contributed by atoms with Gasteiger partial charge in [0.2, 0.25) is 0 Å². The fourth-order valence-electron chi connectivity index (χ4n) is 2.80. The van der Waals surface area contributed by atoms with E-state index in [0.29, 0.717) is 18.7 Å². The number of aliphatic imine (C=N–C) groups is 1. The molecule has 0 aliphatic rings. The van der Waals surface area contributed by atoms with E-state index >= 15 is 0 Å². The molecule has 0 aliphatic heterocycles. The lowest BCUT2D eigenvalue weighted by molar-refractivity contribution is 0.0963. The third-order valence-electron chi connectivity index (χ3n) is 4.37. The lowest BCUT2D eigenvalue weighted by Crippen LogP contribution is -2.38. The van der Waals surface area contributed by atoms with Crippen molar-refractivity contribution in [3.63, 3.8) is 0 Å². The molecule has 0 atom stereocenters. The highest BCUT2D eigenvalue weighted by atomic mass is 16.5. The van der Waals surface area contributed by atoms with Crippen LogP contribution in [0.1, 0.15) is 21.5 Å². The standard InChI is InChI=1S/C21H28N4O3/c1-22-20(26)16-8-6-15(7-9-16)13-24-21(23-2)25(3)14-17-10-11-18(27-4)12-19(17)28-5/h6-12H,13-14H2,1-5H3,(H,22,26)(H,23,24). The van der Waals surface area contributed by atoms with Gasteiger partial charge in [0.15, 0.2) is 5.96 Å². The van der Waals surface area contributed by atoms with Crippen LogP contribution in [0.15, 0.2) is 47.5 Å². The van der Waals surface area contributed by atoms with Crippen molar-refractivity contribution in [2.75, 3.05) is 35.4 Å². The summed E-state index contributed by atoms with van der Waals surface area (Å²) in [4.78, 5) is 18.0. The number of nitrogens with zero attached hydrogens (tertiary/aromatic N) is 2. The molecule has 0 spiro atoms. The largest absolute Gasteiger partial charge is 0.497 e. The minimum Gasteiger partial charge on any atom is -0.497 e. The van der Waals surface area contributed by atoms with Gasteiger partial charge in [-0.25, -0.2) is 0 Å². The summed E-state index contributed by atoms with van der Waals surface area (Å²) in [6.45, 7) is 1.23. The lowest BCUT2D eigenvalue weighted by atomic mass is 10.1. The van der Waals surface area contributed by atoms with E-state index in [4.69, 9.17) is 9.47 Å². The van der Waals surface area contributed by atoms with Crippen molar-refractivity contribution in [3.05, 3.63) is 59.2 Å². The van der Waals surface area contributed by atoms with Crippen LogP contribution in [0.5, 0.6) is 11.5 Å². The Hall–Kier alpha value is -3.22. The average molecular weight is 384 g/mol. The predicted molar refractivity (Wildman–Crippen MR) is 111 cm³/mol. The number of guanidine groups is 1. The first-order chi connectivity index (χ1) is 13.5. The number of carbonyl (C=O) groups is 1. The summed E-state index contributed by atoms with van der Waals surface area (Å²) in [5.74, 6) is 2.19. The molecule has 150 valence electrons. The SMILES string of the molecule is CN=C(NCc1ccc(C(=O)NC)cc1)N(C)Cc1ccc(OC)cc1OC. The number of benzene rings is 2. The molecular formula is C21H28N4O3. The van der Waals surface area contributed by atoms with E-state index in [1.807, 2.05) is 54.4 Å². The Morgan fingerprint density at radius 3 is 2.39 bits per heavy atom. The van der Waals surface area contributed by atoms with Gasteiger partial charge in [-0.1, -0.05) is 12.1 Å². The van der Waals surface area contributed by atoms with Gasteiger partial charge in [0, 0.05) is 51.4 Å². The zero-order chi connectivity index (χ0) is 20.5. The van der Waals surface area contributed by atoms with Gasteiger partial charge in [-0.05, 0) is 29.8 Å². The zero-order valence-corrected chi connectivity index (χ0v) is 17.1. The molecule has 0 aliphatic carbocycles. The second-order valence-electron chi connectivity index (χ2n) is 6.21. The summed E-state index contributed by atoms with van der Waals surface area (Å²) >= 11 is 0. The number of hydrogen-bond acceptors (Lipinski definition) is 4. The molecule has 0 saturated heterocycles. The first kappa shape index (κ1) is 21.1. The molecule has 28 heavy (non-hydrogen) atoms. The summed E-state index contributed by atoms with van der Waals surface area (Å²) in [6.07, 6.45) is 0. The van der Waals surface area contributed by atoms with E-state index in [-0.39, 0.29) is 5.91 Å². The van der Waals surface area contributed by atoms with Gasteiger partial charge in [0.05, 0.1) is 14.2 Å². The van der Waals surface area contributed by atoms with Crippen molar-refractivity contribution in [2.24, 2.45) is 4.99 Å². The van der Waals surface area contributed by atoms with Gasteiger partial charge in [-0.2, -0.15) is 0 Å². The van der Waals surface area contributed by atoms with Crippen LogP contribution in [0.2, 0.25) is 0 Å². The maximum absolute atomic E-state index is 11.6. The highest BCUT2D eigenvalue weighted by Gasteiger charge is 2.11. The molecule has 1 amide bonds. The summed E-state index contributed by atoms with van der Waals surface area (Å²) in [6, 6.07) is 13.2. The second-order valence-corrected chi connectivity index (χ2v) is 6.21. The first-order valence-electron chi connectivity index (χ1n) is 8.96. The van der Waals surface area contributed by atoms with Crippen LogP contribution in [0.25, 0.3) is 0 Å². The predicted octanol–water partition coefficient (Wildman–Crippen LogP) is 2.27. The molecule has 7 heteroatoms. The molecule has 0 radical (unpaired) electrons. The number of methoxy groups -OCH3 is 2. The van der Waals surface area contributed by atoms with Crippen molar-refractivity contribution in [1.29, 1.82) is 0 Å². The van der Waals surface area contributed by atoms with Crippen molar-refractivity contribution < 1.29 is 14.3 Å². The van der Waals surface area contributed by atoms with Gasteiger partial charge in [-0.3, -0.25) is 9.79 Å². The van der Waals surface area contributed by atoms with E-state index < -0.39 is 0 Å². The first-order valence-corrected chi connectivity index (χ1v) is 8.96. The van der Waals surface area contributed by atoms with Crippen LogP contribution in [-0.2, 0) is 13.1 Å². The zero-order valence-electron chi connectivity index (χ0n) is 17.1. The van der Waals surface area contributed by atoms with Crippen LogP contribution in [0.3, 0.4) is 0 Å². The highest BCUT2D eigenvalue weighted by Crippen LogP contribution is 2.25. The second kappa shape index (κ2) is 10.2. The monoisotopic (exact) mass is 384 g/mol. The summed E-state index contributed by atoms with van der Waals surface area (Å²) in [7, 11) is 8.61. The maximum Gasteiger partial charge on any atom is 0.251 e. The van der Waals surface area contributed by atoms with Crippen LogP contribution >= 0.6 is 0 Å². The molecule has 2 aromatic carbocycles. The quantitative estimate of drug-likeness (QED) is 0.566. The van der Waals surface area contributed by atoms with Crippen molar-refractivity contribution in [2.45, 2.75) is 13.1 Å². The molecule has 0 fully saturated rings. The van der Waals surface area contributed by atoms with Crippen LogP contribution < -0.4 is 20.1 Å². The fourth-order valence-corrected chi connectivity index (χ4v) is 2.80. The van der Waals surface area contributed by atoms with Crippen LogP contribution in [0, 0.1) is 0 Å². The summed E-state index contributed by atoms with van der Waals surface area (Å²) in [5, 5.41) is 5.95. The average Bonchev–Trinajstić information content (AvgIpc) is 2.74. The molecule has 0 aromatic heterocycles. The van der Waals surface area contributed by atoms with E-state index in [2.05, 4.69) is 15.6 Å². The normalized spacial score (nSPS) is 11.0. The Bertz CT molecular complexity index is 819. The number of hydrogen-bond donors (Lipinski definition) is 2. The number of carbonyl (C=O) groups excluding carboxylic acids is 1. The topological polar surface area (TPSA) is 75.2 Å². The van der Waals surface area contributed by atoms with Gasteiger partial charge < -0.3 is 25.0 Å². The van der Waals surface area contributed by atoms with Crippen LogP contribution in [0.4, 0.5) is 0 Å². The highest BCUT2D eigenvalue weighted by molar-refractivity contribution is 5.93. The summed E-state index contributed by atoms with van der Waals surface area (Å²) in [5.41, 5.74) is 2.73. The third-order valence-corrected chi connectivity index (χ3v) is 4.37. The van der Waals surface area contributed by atoms with Gasteiger partial charge in [0.25, 0.3) is 5.91 Å². The summed E-state index contributed by atoms with van der Waals surface area (Å²) < 4.78 is 10.7. The Morgan fingerprint density at radius 1 is 1.11 bits per heavy atom. The molecule has 0 unspecified atom stereocenters. The number of rotatable bonds is 7. The Labute approximate surface area is 166 Å². The fraction of sp³-hybridized carbons (Fsp3) is 0.333. The van der Waals surface area contributed by atoms with Gasteiger partial charge in [-0.15, -0.1) is 0 Å². The molecule has 0 saturated carbocycles. The molecule has 2 rings (SSSR count). The van der Waals surface area contributed by atoms with Crippen molar-refractivity contribution in [1.82, 2.24) is 15.5 Å². The van der Waals surface area contributed by atoms with Crippen molar-refractivity contribution >= 4 is 11.9 Å². The van der Waals surface area contributed by atoms with Crippen molar-refractivity contribution in [3.8, 4) is 11.5 Å². The van der Waals surface area contributed by atoms with E-state index in [0.717, 1.165) is 28.6 Å². The number of amides is 1. The minimum absolute atomic E-state index is 0.0940. The molecule has 2 N–H and O–H groups in total. The Kier molecular flexibility index (Phi) is 7.68. The number of nitrogens with one attached hydrogen (secondary N) is 2. The van der Waals surface area contributed by atoms with Gasteiger partial charge in [0.1, 0.15) is 11.5 Å². The minimum atomic E-state index is -0.0940.